The van der Waals surface area contributed by atoms with Crippen molar-refractivity contribution < 1.29 is 22.7 Å². The Morgan fingerprint density at radius 1 is 1.00 bits per heavy atom. The number of nitrogens with one attached hydrogen (secondary N) is 1. The molecule has 0 aliphatic heterocycles. The van der Waals surface area contributed by atoms with Crippen molar-refractivity contribution in [2.24, 2.45) is 0 Å². The molecule has 37 heavy (non-hydrogen) atoms. The monoisotopic (exact) mass is 531 g/mol. The molecule has 0 spiro atoms. The molecule has 0 unspecified atom stereocenters. The molecule has 204 valence electrons. The van der Waals surface area contributed by atoms with Crippen LogP contribution in [-0.4, -0.2) is 57.1 Å². The molecule has 0 fully saturated rings. The summed E-state index contributed by atoms with van der Waals surface area (Å²) in [4.78, 5) is 27.7. The van der Waals surface area contributed by atoms with Crippen LogP contribution in [0, 0.1) is 6.92 Å². The molecule has 8 nitrogen and oxygen atoms in total. The Kier molecular flexibility index (Phi) is 11.9. The van der Waals surface area contributed by atoms with E-state index in [0.29, 0.717) is 37.6 Å². The molecule has 0 saturated heterocycles. The minimum Gasteiger partial charge on any atom is -0.494 e. The van der Waals surface area contributed by atoms with Crippen LogP contribution in [0.5, 0.6) is 5.75 Å². The number of hydrogen-bond acceptors (Lipinski definition) is 5. The average Bonchev–Trinajstić information content (AvgIpc) is 2.86. The number of carbonyl (C=O) groups excluding carboxylic acids is 2. The van der Waals surface area contributed by atoms with Crippen molar-refractivity contribution in [1.82, 2.24) is 10.2 Å². The highest BCUT2D eigenvalue weighted by Gasteiger charge is 2.26. The number of nitrogens with zero attached hydrogens (tertiary/aromatic N) is 2. The molecule has 0 heterocycles. The fourth-order valence-electron chi connectivity index (χ4n) is 3.89. The first-order chi connectivity index (χ1) is 17.6. The van der Waals surface area contributed by atoms with Crippen LogP contribution in [0.25, 0.3) is 0 Å². The van der Waals surface area contributed by atoms with Gasteiger partial charge < -0.3 is 15.0 Å². The number of aryl methyl sites for hydroxylation is 1. The third-order valence-corrected chi connectivity index (χ3v) is 7.25. The number of rotatable bonds is 15. The molecule has 0 aliphatic rings. The predicted molar refractivity (Wildman–Crippen MR) is 148 cm³/mol. The van der Waals surface area contributed by atoms with E-state index in [2.05, 4.69) is 12.2 Å². The van der Waals surface area contributed by atoms with E-state index in [4.69, 9.17) is 4.74 Å². The fourth-order valence-corrected chi connectivity index (χ4v) is 4.85. The van der Waals surface area contributed by atoms with Gasteiger partial charge in [-0.3, -0.25) is 13.9 Å². The molecule has 9 heteroatoms. The lowest BCUT2D eigenvalue weighted by Crippen LogP contribution is -2.48. The number of unbranched alkanes of at least 4 members (excludes halogenated alkanes) is 1. The molecular formula is C28H41N3O5S. The van der Waals surface area contributed by atoms with Crippen LogP contribution < -0.4 is 14.4 Å². The zero-order valence-corrected chi connectivity index (χ0v) is 23.5. The van der Waals surface area contributed by atoms with Crippen molar-refractivity contribution >= 4 is 27.5 Å². The van der Waals surface area contributed by atoms with Crippen LogP contribution >= 0.6 is 0 Å². The molecule has 2 rings (SSSR count). The standard InChI is InChI=1S/C28H41N3O5S/c1-6-8-19-29-28(33)23(4)30(21-24-13-11-22(3)12-14-24)27(32)10-9-20-31(37(5,34)35)25-15-17-26(18-16-25)36-7-2/h11-18,23H,6-10,19-21H2,1-5H3,(H,29,33)/t23-/m1/s1. The second kappa shape index (κ2) is 14.6. The summed E-state index contributed by atoms with van der Waals surface area (Å²) in [5.74, 6) is 0.271. The lowest BCUT2D eigenvalue weighted by Gasteiger charge is -2.29. The Bertz CT molecular complexity index is 1100. The van der Waals surface area contributed by atoms with Gasteiger partial charge in [0.05, 0.1) is 18.6 Å². The molecule has 0 saturated carbocycles. The smallest absolute Gasteiger partial charge is 0.242 e. The summed E-state index contributed by atoms with van der Waals surface area (Å²) in [6.07, 6.45) is 3.41. The highest BCUT2D eigenvalue weighted by Crippen LogP contribution is 2.22. The number of benzene rings is 2. The SMILES string of the molecule is CCCCNC(=O)[C@@H](C)N(Cc1ccc(C)cc1)C(=O)CCCN(c1ccc(OCC)cc1)S(C)(=O)=O. The van der Waals surface area contributed by atoms with Crippen LogP contribution in [0.3, 0.4) is 0 Å². The Labute approximate surface area is 222 Å². The van der Waals surface area contributed by atoms with Gasteiger partial charge >= 0.3 is 0 Å². The Balaban J connectivity index is 2.12. The summed E-state index contributed by atoms with van der Waals surface area (Å²) in [5, 5.41) is 2.91. The molecule has 2 amide bonds. The quantitative estimate of drug-likeness (QED) is 0.346. The third-order valence-electron chi connectivity index (χ3n) is 6.06. The van der Waals surface area contributed by atoms with E-state index in [1.807, 2.05) is 38.1 Å². The maximum absolute atomic E-state index is 13.3. The lowest BCUT2D eigenvalue weighted by atomic mass is 10.1. The fraction of sp³-hybridized carbons (Fsp3) is 0.500. The second-order valence-corrected chi connectivity index (χ2v) is 11.1. The molecule has 2 aromatic carbocycles. The predicted octanol–water partition coefficient (Wildman–Crippen LogP) is 4.27. The first-order valence-corrected chi connectivity index (χ1v) is 14.7. The minimum atomic E-state index is -3.55. The number of hydrogen-bond donors (Lipinski definition) is 1. The maximum atomic E-state index is 13.3. The van der Waals surface area contributed by atoms with E-state index in [9.17, 15) is 18.0 Å². The lowest BCUT2D eigenvalue weighted by molar-refractivity contribution is -0.140. The molecule has 1 N–H and O–H groups in total. The number of carbonyl (C=O) groups is 2. The Hall–Kier alpha value is -3.07. The van der Waals surface area contributed by atoms with Gasteiger partial charge in [0.1, 0.15) is 11.8 Å². The van der Waals surface area contributed by atoms with Crippen LogP contribution in [0.1, 0.15) is 57.6 Å². The summed E-state index contributed by atoms with van der Waals surface area (Å²) in [6.45, 7) is 9.19. The van der Waals surface area contributed by atoms with Gasteiger partial charge in [-0.05, 0) is 63.4 Å². The van der Waals surface area contributed by atoms with Crippen LogP contribution in [-0.2, 0) is 26.2 Å². The van der Waals surface area contributed by atoms with E-state index in [1.54, 1.807) is 36.1 Å². The Morgan fingerprint density at radius 3 is 2.22 bits per heavy atom. The molecule has 2 aromatic rings. The first kappa shape index (κ1) is 30.2. The molecule has 0 aliphatic carbocycles. The highest BCUT2D eigenvalue weighted by atomic mass is 32.2. The second-order valence-electron chi connectivity index (χ2n) is 9.19. The molecule has 0 radical (unpaired) electrons. The van der Waals surface area contributed by atoms with E-state index in [-0.39, 0.29) is 24.8 Å². The van der Waals surface area contributed by atoms with E-state index >= 15 is 0 Å². The van der Waals surface area contributed by atoms with Crippen LogP contribution in [0.4, 0.5) is 5.69 Å². The summed E-state index contributed by atoms with van der Waals surface area (Å²) in [5.41, 5.74) is 2.56. The van der Waals surface area contributed by atoms with Gasteiger partial charge in [0, 0.05) is 26.1 Å². The molecule has 0 aromatic heterocycles. The van der Waals surface area contributed by atoms with Gasteiger partial charge in [-0.25, -0.2) is 8.42 Å². The molecular weight excluding hydrogens is 490 g/mol. The van der Waals surface area contributed by atoms with Crippen molar-refractivity contribution in [3.63, 3.8) is 0 Å². The molecule has 0 bridgehead atoms. The summed E-state index contributed by atoms with van der Waals surface area (Å²) in [7, 11) is -3.55. The van der Waals surface area contributed by atoms with Crippen LogP contribution in [0.15, 0.2) is 48.5 Å². The van der Waals surface area contributed by atoms with E-state index < -0.39 is 16.1 Å². The molecule has 1 atom stereocenters. The normalized spacial score (nSPS) is 12.0. The van der Waals surface area contributed by atoms with Gasteiger partial charge in [-0.15, -0.1) is 0 Å². The topological polar surface area (TPSA) is 96.0 Å². The number of ether oxygens (including phenoxy) is 1. The van der Waals surface area contributed by atoms with Crippen molar-refractivity contribution in [2.45, 2.75) is 66.0 Å². The van der Waals surface area contributed by atoms with E-state index in [1.165, 1.54) is 4.31 Å². The summed E-state index contributed by atoms with van der Waals surface area (Å²) < 4.78 is 31.7. The first-order valence-electron chi connectivity index (χ1n) is 12.9. The average molecular weight is 532 g/mol. The Morgan fingerprint density at radius 2 is 1.65 bits per heavy atom. The van der Waals surface area contributed by atoms with Gasteiger partial charge in [-0.2, -0.15) is 0 Å². The number of anilines is 1. The van der Waals surface area contributed by atoms with Crippen molar-refractivity contribution in [3.8, 4) is 5.75 Å². The number of sulfonamides is 1. The van der Waals surface area contributed by atoms with Crippen molar-refractivity contribution in [3.05, 3.63) is 59.7 Å². The van der Waals surface area contributed by atoms with Crippen molar-refractivity contribution in [1.29, 1.82) is 0 Å². The zero-order valence-electron chi connectivity index (χ0n) is 22.7. The third kappa shape index (κ3) is 9.72. The maximum Gasteiger partial charge on any atom is 0.242 e. The summed E-state index contributed by atoms with van der Waals surface area (Å²) in [6, 6.07) is 14.1. The largest absolute Gasteiger partial charge is 0.494 e. The van der Waals surface area contributed by atoms with Gasteiger partial charge in [0.15, 0.2) is 0 Å². The zero-order chi connectivity index (χ0) is 27.4. The number of amides is 2. The van der Waals surface area contributed by atoms with Crippen LogP contribution in [0.2, 0.25) is 0 Å². The van der Waals surface area contributed by atoms with Gasteiger partial charge in [-0.1, -0.05) is 43.2 Å². The minimum absolute atomic E-state index is 0.113. The van der Waals surface area contributed by atoms with Gasteiger partial charge in [0.25, 0.3) is 0 Å². The van der Waals surface area contributed by atoms with Gasteiger partial charge in [0.2, 0.25) is 21.8 Å². The highest BCUT2D eigenvalue weighted by molar-refractivity contribution is 7.92. The van der Waals surface area contributed by atoms with Crippen molar-refractivity contribution in [2.75, 3.05) is 30.3 Å². The van der Waals surface area contributed by atoms with E-state index in [0.717, 1.165) is 30.2 Å². The summed E-state index contributed by atoms with van der Waals surface area (Å²) >= 11 is 0.